The minimum atomic E-state index is 0.109. The van der Waals surface area contributed by atoms with Crippen LogP contribution in [-0.2, 0) is 6.42 Å². The Morgan fingerprint density at radius 3 is 2.74 bits per heavy atom. The average Bonchev–Trinajstić information content (AvgIpc) is 2.84. The van der Waals surface area contributed by atoms with Crippen LogP contribution in [0, 0.1) is 13.8 Å². The number of thioether (sulfide) groups is 1. The molecule has 0 fully saturated rings. The fourth-order valence-corrected chi connectivity index (χ4v) is 4.07. The third-order valence-corrected chi connectivity index (χ3v) is 5.28. The molecule has 2 atom stereocenters. The van der Waals surface area contributed by atoms with Crippen molar-refractivity contribution in [2.75, 3.05) is 0 Å². The summed E-state index contributed by atoms with van der Waals surface area (Å²) < 4.78 is 0. The van der Waals surface area contributed by atoms with Gasteiger partial charge in [-0.1, -0.05) is 42.0 Å². The minimum absolute atomic E-state index is 0.109. The van der Waals surface area contributed by atoms with Crippen LogP contribution in [0.1, 0.15) is 28.3 Å². The van der Waals surface area contributed by atoms with Crippen molar-refractivity contribution >= 4 is 11.8 Å². The van der Waals surface area contributed by atoms with Crippen LogP contribution in [0.3, 0.4) is 0 Å². The second-order valence-electron chi connectivity index (χ2n) is 5.35. The van der Waals surface area contributed by atoms with Gasteiger partial charge in [-0.15, -0.1) is 11.8 Å². The molecule has 2 aromatic rings. The summed E-state index contributed by atoms with van der Waals surface area (Å²) in [6.07, 6.45) is 1.08. The lowest BCUT2D eigenvalue weighted by Gasteiger charge is -2.21. The highest BCUT2D eigenvalue weighted by molar-refractivity contribution is 8.00. The van der Waals surface area contributed by atoms with Crippen molar-refractivity contribution in [3.05, 3.63) is 64.7 Å². The Morgan fingerprint density at radius 2 is 1.95 bits per heavy atom. The lowest BCUT2D eigenvalue weighted by molar-refractivity contribution is 0.673. The van der Waals surface area contributed by atoms with Crippen LogP contribution < -0.4 is 5.73 Å². The van der Waals surface area contributed by atoms with Crippen molar-refractivity contribution in [1.29, 1.82) is 0 Å². The zero-order chi connectivity index (χ0) is 13.4. The first-order chi connectivity index (χ1) is 9.15. The van der Waals surface area contributed by atoms with Gasteiger partial charge in [0.05, 0.1) is 0 Å². The van der Waals surface area contributed by atoms with Crippen LogP contribution in [0.25, 0.3) is 0 Å². The summed E-state index contributed by atoms with van der Waals surface area (Å²) in [5.74, 6) is 0. The third kappa shape index (κ3) is 2.43. The Labute approximate surface area is 119 Å². The Balaban J connectivity index is 1.87. The first-order valence-electron chi connectivity index (χ1n) is 6.72. The zero-order valence-electron chi connectivity index (χ0n) is 11.4. The molecule has 0 aliphatic carbocycles. The molecule has 0 amide bonds. The molecule has 0 aromatic heterocycles. The topological polar surface area (TPSA) is 26.0 Å². The van der Waals surface area contributed by atoms with E-state index in [4.69, 9.17) is 5.73 Å². The maximum Gasteiger partial charge on any atom is 0.0425 e. The number of nitrogens with two attached hydrogens (primary N) is 1. The predicted octanol–water partition coefficient (Wildman–Crippen LogP) is 4.02. The lowest BCUT2D eigenvalue weighted by Crippen LogP contribution is -2.24. The van der Waals surface area contributed by atoms with E-state index in [0.29, 0.717) is 5.25 Å². The number of benzene rings is 2. The summed E-state index contributed by atoms with van der Waals surface area (Å²) >= 11 is 1.93. The number of hydrogen-bond acceptors (Lipinski definition) is 2. The molecule has 2 aromatic carbocycles. The van der Waals surface area contributed by atoms with Gasteiger partial charge in [-0.05, 0) is 43.0 Å². The van der Waals surface area contributed by atoms with Gasteiger partial charge in [-0.25, -0.2) is 0 Å². The lowest BCUT2D eigenvalue weighted by atomic mass is 9.95. The summed E-state index contributed by atoms with van der Waals surface area (Å²) in [6, 6.07) is 15.3. The van der Waals surface area contributed by atoms with Gasteiger partial charge in [-0.2, -0.15) is 0 Å². The Hall–Kier alpha value is -1.25. The second kappa shape index (κ2) is 5.03. The van der Waals surface area contributed by atoms with Crippen LogP contribution in [0.15, 0.2) is 47.4 Å². The molecule has 1 aliphatic rings. The largest absolute Gasteiger partial charge is 0.323 e. The van der Waals surface area contributed by atoms with Crippen LogP contribution in [0.5, 0.6) is 0 Å². The molecule has 1 nitrogen and oxygen atoms in total. The van der Waals surface area contributed by atoms with Crippen LogP contribution in [0.4, 0.5) is 0 Å². The highest BCUT2D eigenvalue weighted by Gasteiger charge is 2.28. The molecule has 0 bridgehead atoms. The van der Waals surface area contributed by atoms with E-state index in [1.165, 1.54) is 27.1 Å². The SMILES string of the molecule is Cc1ccc(C)c(C(N)C2Cc3ccccc3S2)c1. The summed E-state index contributed by atoms with van der Waals surface area (Å²) in [5.41, 5.74) is 11.9. The van der Waals surface area contributed by atoms with Gasteiger partial charge in [0.1, 0.15) is 0 Å². The maximum atomic E-state index is 6.53. The Morgan fingerprint density at radius 1 is 1.16 bits per heavy atom. The molecule has 1 heterocycles. The summed E-state index contributed by atoms with van der Waals surface area (Å²) in [5, 5.41) is 0.456. The van der Waals surface area contributed by atoms with E-state index in [0.717, 1.165) is 6.42 Å². The minimum Gasteiger partial charge on any atom is -0.323 e. The summed E-state index contributed by atoms with van der Waals surface area (Å²) in [7, 11) is 0. The number of aryl methyl sites for hydroxylation is 2. The van der Waals surface area contributed by atoms with E-state index in [9.17, 15) is 0 Å². The van der Waals surface area contributed by atoms with E-state index >= 15 is 0 Å². The normalized spacial score (nSPS) is 19.2. The summed E-state index contributed by atoms with van der Waals surface area (Å²) in [4.78, 5) is 1.40. The highest BCUT2D eigenvalue weighted by Crippen LogP contribution is 2.42. The van der Waals surface area contributed by atoms with Crippen molar-refractivity contribution in [2.45, 2.75) is 36.5 Å². The molecule has 0 saturated heterocycles. The molecule has 19 heavy (non-hydrogen) atoms. The van der Waals surface area contributed by atoms with Gasteiger partial charge < -0.3 is 5.73 Å². The molecule has 0 radical (unpaired) electrons. The zero-order valence-corrected chi connectivity index (χ0v) is 12.2. The Kier molecular flexibility index (Phi) is 3.38. The van der Waals surface area contributed by atoms with Gasteiger partial charge in [0, 0.05) is 16.2 Å². The van der Waals surface area contributed by atoms with Crippen molar-refractivity contribution in [1.82, 2.24) is 0 Å². The smallest absolute Gasteiger partial charge is 0.0425 e. The average molecular weight is 269 g/mol. The molecular formula is C17H19NS. The van der Waals surface area contributed by atoms with E-state index in [1.807, 2.05) is 11.8 Å². The first-order valence-corrected chi connectivity index (χ1v) is 7.60. The molecule has 2 heteroatoms. The Bertz CT molecular complexity index is 581. The van der Waals surface area contributed by atoms with Crippen molar-refractivity contribution in [3.63, 3.8) is 0 Å². The van der Waals surface area contributed by atoms with Crippen LogP contribution >= 0.6 is 11.8 Å². The number of hydrogen-bond donors (Lipinski definition) is 1. The molecule has 2 unspecified atom stereocenters. The van der Waals surface area contributed by atoms with Gasteiger partial charge in [0.25, 0.3) is 0 Å². The van der Waals surface area contributed by atoms with Crippen molar-refractivity contribution in [2.24, 2.45) is 5.73 Å². The quantitative estimate of drug-likeness (QED) is 0.891. The fraction of sp³-hybridized carbons (Fsp3) is 0.294. The highest BCUT2D eigenvalue weighted by atomic mass is 32.2. The van der Waals surface area contributed by atoms with Gasteiger partial charge in [0.15, 0.2) is 0 Å². The molecule has 0 spiro atoms. The summed E-state index contributed by atoms with van der Waals surface area (Å²) in [6.45, 7) is 4.29. The van der Waals surface area contributed by atoms with Gasteiger partial charge >= 0.3 is 0 Å². The van der Waals surface area contributed by atoms with Crippen LogP contribution in [-0.4, -0.2) is 5.25 Å². The molecule has 98 valence electrons. The molecular weight excluding hydrogens is 250 g/mol. The first kappa shape index (κ1) is 12.8. The van der Waals surface area contributed by atoms with E-state index in [1.54, 1.807) is 0 Å². The van der Waals surface area contributed by atoms with E-state index in [2.05, 4.69) is 56.3 Å². The standard InChI is InChI=1S/C17H19NS/c1-11-7-8-12(2)14(9-11)17(18)16-10-13-5-3-4-6-15(13)19-16/h3-9,16-17H,10,18H2,1-2H3. The number of fused-ring (bicyclic) bond motifs is 1. The maximum absolute atomic E-state index is 6.53. The van der Waals surface area contributed by atoms with Crippen molar-refractivity contribution in [3.8, 4) is 0 Å². The van der Waals surface area contributed by atoms with Gasteiger partial charge in [0.2, 0.25) is 0 Å². The number of rotatable bonds is 2. The van der Waals surface area contributed by atoms with E-state index in [-0.39, 0.29) is 6.04 Å². The molecule has 2 N–H and O–H groups in total. The van der Waals surface area contributed by atoms with Crippen molar-refractivity contribution < 1.29 is 0 Å². The molecule has 1 aliphatic heterocycles. The van der Waals surface area contributed by atoms with E-state index < -0.39 is 0 Å². The fourth-order valence-electron chi connectivity index (χ4n) is 2.73. The third-order valence-electron chi connectivity index (χ3n) is 3.87. The van der Waals surface area contributed by atoms with Gasteiger partial charge in [-0.3, -0.25) is 0 Å². The predicted molar refractivity (Wildman–Crippen MR) is 82.6 cm³/mol. The second-order valence-corrected chi connectivity index (χ2v) is 6.64. The van der Waals surface area contributed by atoms with Crippen LogP contribution in [0.2, 0.25) is 0 Å². The molecule has 3 rings (SSSR count). The molecule has 0 saturated carbocycles. The monoisotopic (exact) mass is 269 g/mol.